The van der Waals surface area contributed by atoms with Crippen LogP contribution in [0.4, 0.5) is 13.2 Å². The monoisotopic (exact) mass is 310 g/mol. The van der Waals surface area contributed by atoms with Gasteiger partial charge in [0.05, 0.1) is 17.9 Å². The second-order valence-corrected chi connectivity index (χ2v) is 5.32. The fraction of sp³-hybridized carbons (Fsp3) is 0.375. The largest absolute Gasteiger partial charge is 0.467 e. The van der Waals surface area contributed by atoms with Crippen LogP contribution < -0.4 is 5.32 Å². The van der Waals surface area contributed by atoms with Crippen molar-refractivity contribution in [1.29, 1.82) is 0 Å². The van der Waals surface area contributed by atoms with Crippen LogP contribution in [0, 0.1) is 0 Å². The van der Waals surface area contributed by atoms with Crippen LogP contribution in [-0.4, -0.2) is 31.1 Å². The van der Waals surface area contributed by atoms with Crippen molar-refractivity contribution in [3.8, 4) is 0 Å². The van der Waals surface area contributed by atoms with Crippen LogP contribution in [0.3, 0.4) is 0 Å². The predicted octanol–water partition coefficient (Wildman–Crippen LogP) is 3.29. The van der Waals surface area contributed by atoms with Gasteiger partial charge >= 0.3 is 6.18 Å². The second-order valence-electron chi connectivity index (χ2n) is 5.32. The molecular weight excluding hydrogens is 293 g/mol. The molecule has 0 bridgehead atoms. The highest BCUT2D eigenvalue weighted by atomic mass is 19.4. The molecule has 0 unspecified atom stereocenters. The molecule has 1 aromatic carbocycles. The van der Waals surface area contributed by atoms with E-state index >= 15 is 0 Å². The molecule has 2 aromatic rings. The van der Waals surface area contributed by atoms with Gasteiger partial charge in [0, 0.05) is 26.2 Å². The second kappa shape index (κ2) is 6.14. The number of halogens is 3. The van der Waals surface area contributed by atoms with Crippen LogP contribution in [0.5, 0.6) is 0 Å². The molecule has 0 saturated carbocycles. The summed E-state index contributed by atoms with van der Waals surface area (Å²) < 4.78 is 43.7. The maximum Gasteiger partial charge on any atom is 0.416 e. The van der Waals surface area contributed by atoms with Crippen LogP contribution >= 0.6 is 0 Å². The first-order chi connectivity index (χ1) is 10.6. The molecule has 118 valence electrons. The van der Waals surface area contributed by atoms with E-state index in [-0.39, 0.29) is 6.04 Å². The summed E-state index contributed by atoms with van der Waals surface area (Å²) in [6.45, 7) is 3.37. The zero-order valence-corrected chi connectivity index (χ0v) is 11.9. The van der Waals surface area contributed by atoms with E-state index < -0.39 is 11.7 Å². The minimum atomic E-state index is -4.31. The van der Waals surface area contributed by atoms with Gasteiger partial charge in [-0.3, -0.25) is 4.90 Å². The summed E-state index contributed by atoms with van der Waals surface area (Å²) in [5.41, 5.74) is 0.180. The molecule has 3 rings (SSSR count). The highest BCUT2D eigenvalue weighted by Crippen LogP contribution is 2.33. The van der Waals surface area contributed by atoms with Crippen molar-refractivity contribution in [3.63, 3.8) is 0 Å². The zero-order chi connectivity index (χ0) is 15.6. The van der Waals surface area contributed by atoms with Crippen LogP contribution in [-0.2, 0) is 6.18 Å². The molecule has 1 fully saturated rings. The van der Waals surface area contributed by atoms with Crippen molar-refractivity contribution in [3.05, 3.63) is 59.5 Å². The number of furan rings is 1. The first kappa shape index (κ1) is 15.1. The lowest BCUT2D eigenvalue weighted by atomic mass is 10.0. The molecule has 6 heteroatoms. The van der Waals surface area contributed by atoms with Gasteiger partial charge in [-0.05, 0) is 29.8 Å². The SMILES string of the molecule is FC(F)(F)c1ccc([C@@H](c2ccco2)N2CCNCC2)cc1. The molecule has 1 atom stereocenters. The standard InChI is InChI=1S/C16H17F3N2O/c17-16(18,19)13-5-3-12(4-6-13)15(14-2-1-11-22-14)21-9-7-20-8-10-21/h1-6,11,15,20H,7-10H2/t15-/m0/s1. The summed E-state index contributed by atoms with van der Waals surface area (Å²) in [5, 5.41) is 3.27. The van der Waals surface area contributed by atoms with Crippen LogP contribution in [0.2, 0.25) is 0 Å². The Morgan fingerprint density at radius 1 is 1.05 bits per heavy atom. The third-order valence-corrected chi connectivity index (χ3v) is 3.88. The van der Waals surface area contributed by atoms with Crippen molar-refractivity contribution in [1.82, 2.24) is 10.2 Å². The molecule has 3 nitrogen and oxygen atoms in total. The molecule has 0 aliphatic carbocycles. The van der Waals surface area contributed by atoms with E-state index in [4.69, 9.17) is 4.42 Å². The third-order valence-electron chi connectivity index (χ3n) is 3.88. The number of hydrogen-bond donors (Lipinski definition) is 1. The average Bonchev–Trinajstić information content (AvgIpc) is 3.02. The summed E-state index contributed by atoms with van der Waals surface area (Å²) in [4.78, 5) is 2.22. The van der Waals surface area contributed by atoms with E-state index in [9.17, 15) is 13.2 Å². The molecule has 1 aromatic heterocycles. The molecule has 0 radical (unpaired) electrons. The Hall–Kier alpha value is -1.79. The topological polar surface area (TPSA) is 28.4 Å². The van der Waals surface area contributed by atoms with Crippen LogP contribution in [0.15, 0.2) is 47.1 Å². The Labute approximate surface area is 126 Å². The minimum absolute atomic E-state index is 0.153. The molecule has 1 aliphatic rings. The van der Waals surface area contributed by atoms with Crippen LogP contribution in [0.25, 0.3) is 0 Å². The Bertz CT molecular complexity index is 587. The number of nitrogens with one attached hydrogen (secondary N) is 1. The number of hydrogen-bond acceptors (Lipinski definition) is 3. The number of benzene rings is 1. The van der Waals surface area contributed by atoms with Gasteiger partial charge in [-0.25, -0.2) is 0 Å². The molecule has 2 heterocycles. The number of nitrogens with zero attached hydrogens (tertiary/aromatic N) is 1. The van der Waals surface area contributed by atoms with E-state index in [0.29, 0.717) is 0 Å². The van der Waals surface area contributed by atoms with Crippen molar-refractivity contribution >= 4 is 0 Å². The smallest absolute Gasteiger partial charge is 0.416 e. The molecule has 1 aliphatic heterocycles. The van der Waals surface area contributed by atoms with Gasteiger partial charge in [0.2, 0.25) is 0 Å². The summed E-state index contributed by atoms with van der Waals surface area (Å²) in [7, 11) is 0. The Kier molecular flexibility index (Phi) is 4.22. The van der Waals surface area contributed by atoms with Gasteiger partial charge in [-0.2, -0.15) is 13.2 Å². The van der Waals surface area contributed by atoms with Crippen molar-refractivity contribution in [2.45, 2.75) is 12.2 Å². The normalized spacial score (nSPS) is 18.3. The highest BCUT2D eigenvalue weighted by Gasteiger charge is 2.31. The summed E-state index contributed by atoms with van der Waals surface area (Å²) in [6.07, 6.45) is -2.72. The first-order valence-corrected chi connectivity index (χ1v) is 7.21. The van der Waals surface area contributed by atoms with Gasteiger partial charge in [0.15, 0.2) is 0 Å². The molecule has 0 amide bonds. The van der Waals surface area contributed by atoms with Gasteiger partial charge in [-0.1, -0.05) is 12.1 Å². The number of piperazine rings is 1. The third kappa shape index (κ3) is 3.18. The number of alkyl halides is 3. The van der Waals surface area contributed by atoms with Crippen molar-refractivity contribution < 1.29 is 17.6 Å². The van der Waals surface area contributed by atoms with Crippen molar-refractivity contribution in [2.75, 3.05) is 26.2 Å². The van der Waals surface area contributed by atoms with E-state index in [1.54, 1.807) is 12.3 Å². The molecule has 0 spiro atoms. The molecule has 1 saturated heterocycles. The lowest BCUT2D eigenvalue weighted by Crippen LogP contribution is -2.45. The van der Waals surface area contributed by atoms with E-state index in [1.165, 1.54) is 12.1 Å². The lowest BCUT2D eigenvalue weighted by Gasteiger charge is -2.34. The van der Waals surface area contributed by atoms with Crippen molar-refractivity contribution in [2.24, 2.45) is 0 Å². The molecule has 1 N–H and O–H groups in total. The van der Waals surface area contributed by atoms with E-state index in [1.807, 2.05) is 6.07 Å². The Morgan fingerprint density at radius 3 is 2.27 bits per heavy atom. The Morgan fingerprint density at radius 2 is 1.73 bits per heavy atom. The van der Waals surface area contributed by atoms with Gasteiger partial charge < -0.3 is 9.73 Å². The average molecular weight is 310 g/mol. The Balaban J connectivity index is 1.92. The van der Waals surface area contributed by atoms with Gasteiger partial charge in [-0.15, -0.1) is 0 Å². The van der Waals surface area contributed by atoms with Crippen LogP contribution in [0.1, 0.15) is 22.9 Å². The van der Waals surface area contributed by atoms with E-state index in [2.05, 4.69) is 10.2 Å². The van der Waals surface area contributed by atoms with Gasteiger partial charge in [0.1, 0.15) is 5.76 Å². The minimum Gasteiger partial charge on any atom is -0.467 e. The molecule has 22 heavy (non-hydrogen) atoms. The summed E-state index contributed by atoms with van der Waals surface area (Å²) >= 11 is 0. The van der Waals surface area contributed by atoms with E-state index in [0.717, 1.165) is 49.6 Å². The summed E-state index contributed by atoms with van der Waals surface area (Å²) in [5.74, 6) is 0.752. The van der Waals surface area contributed by atoms with Gasteiger partial charge in [0.25, 0.3) is 0 Å². The fourth-order valence-corrected chi connectivity index (χ4v) is 2.80. The quantitative estimate of drug-likeness (QED) is 0.943. The first-order valence-electron chi connectivity index (χ1n) is 7.21. The summed E-state index contributed by atoms with van der Waals surface area (Å²) in [6, 6.07) is 8.86. The maximum atomic E-state index is 12.7. The molecular formula is C16H17F3N2O. The zero-order valence-electron chi connectivity index (χ0n) is 11.9. The lowest BCUT2D eigenvalue weighted by molar-refractivity contribution is -0.137. The predicted molar refractivity (Wildman–Crippen MR) is 76.4 cm³/mol. The highest BCUT2D eigenvalue weighted by molar-refractivity contribution is 5.31. The fourth-order valence-electron chi connectivity index (χ4n) is 2.80. The maximum absolute atomic E-state index is 12.7. The number of rotatable bonds is 3.